The SMILES string of the molecule is CC1(C)c2ccccc2-c2ccc(-c3ccc(N(c4ccc(-c5cccc6c5c5ccccc5n6-c5ccccc5)cc4)c4cccc5c4C4(c6ccccc6-c6ccccc64)c4ccccc4-5)cc3)cc21. The predicted octanol–water partition coefficient (Wildman–Crippen LogP) is 18.2. The molecule has 1 heterocycles. The van der Waals surface area contributed by atoms with Gasteiger partial charge in [0.05, 0.1) is 22.1 Å². The van der Waals surface area contributed by atoms with E-state index in [2.05, 4.69) is 278 Å². The van der Waals surface area contributed by atoms with E-state index in [-0.39, 0.29) is 5.41 Å². The topological polar surface area (TPSA) is 8.17 Å². The number of hydrogen-bond donors (Lipinski definition) is 0. The van der Waals surface area contributed by atoms with Crippen LogP contribution in [0.25, 0.3) is 83.1 Å². The van der Waals surface area contributed by atoms with E-state index >= 15 is 0 Å². The third kappa shape index (κ3) is 5.55. The van der Waals surface area contributed by atoms with Crippen molar-refractivity contribution in [1.29, 1.82) is 0 Å². The van der Waals surface area contributed by atoms with Crippen LogP contribution in [0.1, 0.15) is 47.2 Å². The lowest BCUT2D eigenvalue weighted by molar-refractivity contribution is 0.660. The third-order valence-electron chi connectivity index (χ3n) is 16.4. The van der Waals surface area contributed by atoms with Crippen LogP contribution in [-0.2, 0) is 10.8 Å². The molecule has 2 nitrogen and oxygen atoms in total. The molecule has 0 saturated carbocycles. The van der Waals surface area contributed by atoms with Crippen LogP contribution < -0.4 is 4.90 Å². The van der Waals surface area contributed by atoms with Crippen molar-refractivity contribution in [3.8, 4) is 61.3 Å². The number of hydrogen-bond acceptors (Lipinski definition) is 1. The molecule has 72 heavy (non-hydrogen) atoms. The zero-order valence-corrected chi connectivity index (χ0v) is 40.1. The zero-order valence-electron chi connectivity index (χ0n) is 40.1. The molecule has 0 aliphatic heterocycles. The summed E-state index contributed by atoms with van der Waals surface area (Å²) in [6.45, 7) is 4.73. The average molecular weight is 917 g/mol. The molecular weight excluding hydrogens is 869 g/mol. The van der Waals surface area contributed by atoms with Crippen LogP contribution in [0, 0.1) is 0 Å². The lowest BCUT2D eigenvalue weighted by Crippen LogP contribution is -2.28. The Kier molecular flexibility index (Phi) is 8.66. The van der Waals surface area contributed by atoms with Crippen molar-refractivity contribution in [1.82, 2.24) is 4.57 Å². The molecule has 0 radical (unpaired) electrons. The molecule has 2 heteroatoms. The summed E-state index contributed by atoms with van der Waals surface area (Å²) in [6, 6.07) is 95.2. The summed E-state index contributed by atoms with van der Waals surface area (Å²) in [6.07, 6.45) is 0. The molecular formula is C70H48N2. The molecule has 1 aromatic heterocycles. The quantitative estimate of drug-likeness (QED) is 0.161. The monoisotopic (exact) mass is 916 g/mol. The van der Waals surface area contributed by atoms with E-state index in [1.165, 1.54) is 117 Å². The molecule has 1 spiro atoms. The molecule has 3 aliphatic rings. The second-order valence-corrected chi connectivity index (χ2v) is 20.3. The van der Waals surface area contributed by atoms with Gasteiger partial charge in [-0.05, 0) is 144 Å². The maximum Gasteiger partial charge on any atom is 0.0746 e. The Morgan fingerprint density at radius 2 is 0.806 bits per heavy atom. The van der Waals surface area contributed by atoms with Gasteiger partial charge in [-0.3, -0.25) is 0 Å². The average Bonchev–Trinajstić information content (AvgIpc) is 4.12. The first-order valence-electron chi connectivity index (χ1n) is 25.3. The van der Waals surface area contributed by atoms with Crippen LogP contribution in [0.5, 0.6) is 0 Å². The van der Waals surface area contributed by atoms with Crippen LogP contribution in [0.3, 0.4) is 0 Å². The van der Waals surface area contributed by atoms with E-state index in [4.69, 9.17) is 0 Å². The van der Waals surface area contributed by atoms with Gasteiger partial charge in [0.15, 0.2) is 0 Å². The van der Waals surface area contributed by atoms with E-state index in [9.17, 15) is 0 Å². The second-order valence-electron chi connectivity index (χ2n) is 20.3. The Morgan fingerprint density at radius 1 is 0.333 bits per heavy atom. The summed E-state index contributed by atoms with van der Waals surface area (Å²) < 4.78 is 2.40. The molecule has 0 amide bonds. The first kappa shape index (κ1) is 40.9. The summed E-state index contributed by atoms with van der Waals surface area (Å²) in [5.41, 5.74) is 27.1. The first-order chi connectivity index (χ1) is 35.5. The molecule has 0 fully saturated rings. The van der Waals surface area contributed by atoms with Gasteiger partial charge in [0.2, 0.25) is 0 Å². The minimum atomic E-state index is -0.523. The van der Waals surface area contributed by atoms with Crippen LogP contribution in [0.2, 0.25) is 0 Å². The molecule has 0 atom stereocenters. The van der Waals surface area contributed by atoms with Gasteiger partial charge in [-0.1, -0.05) is 208 Å². The highest BCUT2D eigenvalue weighted by Gasteiger charge is 2.53. The fraction of sp³-hybridized carbons (Fsp3) is 0.0571. The summed E-state index contributed by atoms with van der Waals surface area (Å²) >= 11 is 0. The van der Waals surface area contributed by atoms with Gasteiger partial charge in [-0.2, -0.15) is 0 Å². The number of nitrogens with zero attached hydrogens (tertiary/aromatic N) is 2. The van der Waals surface area contributed by atoms with Gasteiger partial charge in [0.1, 0.15) is 0 Å². The Morgan fingerprint density at radius 3 is 1.47 bits per heavy atom. The van der Waals surface area contributed by atoms with E-state index in [0.29, 0.717) is 0 Å². The Balaban J connectivity index is 0.927. The van der Waals surface area contributed by atoms with Crippen LogP contribution in [0.4, 0.5) is 17.1 Å². The highest BCUT2D eigenvalue weighted by molar-refractivity contribution is 6.16. The van der Waals surface area contributed by atoms with Crippen molar-refractivity contribution in [3.63, 3.8) is 0 Å². The predicted molar refractivity (Wildman–Crippen MR) is 300 cm³/mol. The minimum Gasteiger partial charge on any atom is -0.310 e. The van der Waals surface area contributed by atoms with E-state index < -0.39 is 5.41 Å². The van der Waals surface area contributed by atoms with Crippen LogP contribution in [0.15, 0.2) is 255 Å². The van der Waals surface area contributed by atoms with Crippen molar-refractivity contribution in [2.45, 2.75) is 24.7 Å². The van der Waals surface area contributed by atoms with Gasteiger partial charge in [0.25, 0.3) is 0 Å². The van der Waals surface area contributed by atoms with Crippen molar-refractivity contribution < 1.29 is 0 Å². The fourth-order valence-electron chi connectivity index (χ4n) is 13.3. The summed E-state index contributed by atoms with van der Waals surface area (Å²) in [5.74, 6) is 0. The molecule has 11 aromatic carbocycles. The number of anilines is 3. The number of fused-ring (bicyclic) bond motifs is 16. The fourth-order valence-corrected chi connectivity index (χ4v) is 13.3. The first-order valence-corrected chi connectivity index (χ1v) is 25.3. The maximum atomic E-state index is 2.52. The van der Waals surface area contributed by atoms with E-state index in [1.807, 2.05) is 0 Å². The molecule has 0 unspecified atom stereocenters. The Hall–Kier alpha value is -8.98. The molecule has 338 valence electrons. The molecule has 3 aliphatic carbocycles. The highest BCUT2D eigenvalue weighted by atomic mass is 15.1. The number of para-hydroxylation sites is 2. The second kappa shape index (κ2) is 15.3. The van der Waals surface area contributed by atoms with Crippen LogP contribution >= 0.6 is 0 Å². The Bertz CT molecular complexity index is 4110. The number of benzene rings is 11. The summed E-state index contributed by atoms with van der Waals surface area (Å²) in [4.78, 5) is 2.52. The summed E-state index contributed by atoms with van der Waals surface area (Å²) in [7, 11) is 0. The molecule has 0 N–H and O–H groups in total. The number of aromatic nitrogens is 1. The number of rotatable bonds is 6. The molecule has 12 aromatic rings. The van der Waals surface area contributed by atoms with Gasteiger partial charge < -0.3 is 9.47 Å². The minimum absolute atomic E-state index is 0.0754. The third-order valence-corrected chi connectivity index (χ3v) is 16.4. The molecule has 0 saturated heterocycles. The van der Waals surface area contributed by atoms with E-state index in [1.54, 1.807) is 0 Å². The molecule has 0 bridgehead atoms. The smallest absolute Gasteiger partial charge is 0.0746 e. The Labute approximate surface area is 420 Å². The highest BCUT2D eigenvalue weighted by Crippen LogP contribution is 2.65. The van der Waals surface area contributed by atoms with Crippen LogP contribution in [-0.4, -0.2) is 4.57 Å². The maximum absolute atomic E-state index is 2.52. The van der Waals surface area contributed by atoms with Gasteiger partial charge in [-0.25, -0.2) is 0 Å². The zero-order chi connectivity index (χ0) is 47.7. The van der Waals surface area contributed by atoms with E-state index in [0.717, 1.165) is 17.1 Å². The summed E-state index contributed by atoms with van der Waals surface area (Å²) in [5, 5.41) is 2.51. The van der Waals surface area contributed by atoms with Crippen molar-refractivity contribution >= 4 is 38.9 Å². The lowest BCUT2D eigenvalue weighted by Gasteiger charge is -2.36. The van der Waals surface area contributed by atoms with Crippen molar-refractivity contribution in [2.24, 2.45) is 0 Å². The van der Waals surface area contributed by atoms with Gasteiger partial charge in [-0.15, -0.1) is 0 Å². The standard InChI is InChI=1S/C70H48N2/c1-69(2)59-27-11-6-20-52(59)56-43-38-47(44-63(56)69)45-34-39-49(40-35-45)71(50-41-36-46(37-42-50)51-25-16-32-65-67(51)58-24-10-15-31-64(58)72(65)48-18-4-3-5-19-48)66-33-17-26-57-55-23-9-14-30-62(55)70(68(57)66)60-28-12-7-21-53(60)54-22-8-13-29-61(54)70/h3-44H,1-2H3. The largest absolute Gasteiger partial charge is 0.310 e. The normalized spacial score (nSPS) is 13.9. The van der Waals surface area contributed by atoms with Crippen molar-refractivity contribution in [3.05, 3.63) is 288 Å². The van der Waals surface area contributed by atoms with Gasteiger partial charge in [0, 0.05) is 38.8 Å². The molecule has 15 rings (SSSR count). The van der Waals surface area contributed by atoms with Crippen molar-refractivity contribution in [2.75, 3.05) is 4.90 Å². The van der Waals surface area contributed by atoms with Gasteiger partial charge >= 0.3 is 0 Å². The lowest BCUT2D eigenvalue weighted by atomic mass is 9.70.